The average Bonchev–Trinajstić information content (AvgIpc) is 2.78. The highest BCUT2D eigenvalue weighted by Crippen LogP contribution is 2.26. The minimum atomic E-state index is -1.19. The number of aromatic nitrogens is 1. The summed E-state index contributed by atoms with van der Waals surface area (Å²) in [4.78, 5) is 4.00. The van der Waals surface area contributed by atoms with Crippen LogP contribution in [0.25, 0.3) is 0 Å². The number of para-hydroxylation sites is 1. The summed E-state index contributed by atoms with van der Waals surface area (Å²) in [5.41, 5.74) is 0.318. The monoisotopic (exact) mass is 232 g/mol. The zero-order valence-corrected chi connectivity index (χ0v) is 9.02. The highest BCUT2D eigenvalue weighted by atomic mass is 32.1. The summed E-state index contributed by atoms with van der Waals surface area (Å²) < 4.78 is 5.44. The lowest BCUT2D eigenvalue weighted by molar-refractivity contribution is 0.231. The van der Waals surface area contributed by atoms with E-state index in [0.29, 0.717) is 16.6 Å². The zero-order valence-electron chi connectivity index (χ0n) is 8.20. The maximum atomic E-state index is 9.24. The van der Waals surface area contributed by atoms with Crippen LogP contribution in [0.1, 0.15) is 11.8 Å². The molecule has 2 aromatic rings. The van der Waals surface area contributed by atoms with Gasteiger partial charge in [-0.1, -0.05) is 29.5 Å². The van der Waals surface area contributed by atoms with Crippen LogP contribution in [0, 0.1) is 11.3 Å². The molecular weight excluding hydrogens is 224 g/mol. The van der Waals surface area contributed by atoms with Crippen molar-refractivity contribution in [1.82, 2.24) is 4.98 Å². The quantitative estimate of drug-likeness (QED) is 0.825. The van der Waals surface area contributed by atoms with Gasteiger partial charge in [-0.25, -0.2) is 4.98 Å². The van der Waals surface area contributed by atoms with Crippen LogP contribution in [0.2, 0.25) is 0 Å². The molecule has 1 N–H and O–H groups in total. The minimum Gasteiger partial charge on any atom is -0.431 e. The van der Waals surface area contributed by atoms with Crippen LogP contribution in [0.3, 0.4) is 0 Å². The Morgan fingerprint density at radius 1 is 1.38 bits per heavy atom. The molecule has 0 aliphatic heterocycles. The van der Waals surface area contributed by atoms with E-state index in [1.807, 2.05) is 30.3 Å². The molecule has 1 aromatic heterocycles. The summed E-state index contributed by atoms with van der Waals surface area (Å²) in [5, 5.41) is 19.8. The fourth-order valence-electron chi connectivity index (χ4n) is 1.10. The molecule has 0 fully saturated rings. The van der Waals surface area contributed by atoms with Gasteiger partial charge in [-0.3, -0.25) is 0 Å². The van der Waals surface area contributed by atoms with E-state index in [2.05, 4.69) is 4.98 Å². The largest absolute Gasteiger partial charge is 0.431 e. The highest BCUT2D eigenvalue weighted by molar-refractivity contribution is 7.11. The number of rotatable bonds is 3. The molecule has 5 heteroatoms. The Kier molecular flexibility index (Phi) is 3.15. The van der Waals surface area contributed by atoms with Gasteiger partial charge in [0.15, 0.2) is 6.10 Å². The van der Waals surface area contributed by atoms with E-state index in [-0.39, 0.29) is 0 Å². The first-order chi connectivity index (χ1) is 7.79. The highest BCUT2D eigenvalue weighted by Gasteiger charge is 2.11. The number of nitriles is 1. The van der Waals surface area contributed by atoms with Gasteiger partial charge in [0, 0.05) is 5.38 Å². The number of aliphatic hydroxyl groups excluding tert-OH is 1. The van der Waals surface area contributed by atoms with E-state index in [4.69, 9.17) is 10.00 Å². The summed E-state index contributed by atoms with van der Waals surface area (Å²) in [6.45, 7) is 0. The number of thiazole rings is 1. The first-order valence-electron chi connectivity index (χ1n) is 4.55. The van der Waals surface area contributed by atoms with Crippen molar-refractivity contribution in [2.45, 2.75) is 6.10 Å². The number of aliphatic hydroxyl groups is 1. The standard InChI is InChI=1S/C11H8N2O2S/c12-6-10(14)9-7-16-11(13-9)15-8-4-2-1-3-5-8/h1-5,7,10,14H/t10-/m0/s1. The molecule has 0 spiro atoms. The maximum absolute atomic E-state index is 9.24. The Morgan fingerprint density at radius 2 is 2.12 bits per heavy atom. The third kappa shape index (κ3) is 2.37. The number of hydrogen-bond donors (Lipinski definition) is 1. The van der Waals surface area contributed by atoms with Crippen LogP contribution in [-0.4, -0.2) is 10.1 Å². The molecular formula is C11H8N2O2S. The van der Waals surface area contributed by atoms with Crippen molar-refractivity contribution in [3.05, 3.63) is 41.4 Å². The van der Waals surface area contributed by atoms with Crippen molar-refractivity contribution in [2.24, 2.45) is 0 Å². The fourth-order valence-corrected chi connectivity index (χ4v) is 1.80. The van der Waals surface area contributed by atoms with Crippen LogP contribution in [0.15, 0.2) is 35.7 Å². The van der Waals surface area contributed by atoms with E-state index in [1.54, 1.807) is 11.4 Å². The molecule has 0 saturated heterocycles. The molecule has 0 unspecified atom stereocenters. The summed E-state index contributed by atoms with van der Waals surface area (Å²) >= 11 is 1.24. The molecule has 80 valence electrons. The zero-order chi connectivity index (χ0) is 11.4. The van der Waals surface area contributed by atoms with Gasteiger partial charge in [-0.2, -0.15) is 5.26 Å². The smallest absolute Gasteiger partial charge is 0.279 e. The van der Waals surface area contributed by atoms with Crippen LogP contribution in [0.5, 0.6) is 10.9 Å². The fraction of sp³-hybridized carbons (Fsp3) is 0.0909. The number of benzene rings is 1. The van der Waals surface area contributed by atoms with Crippen molar-refractivity contribution in [3.8, 4) is 17.0 Å². The molecule has 1 heterocycles. The third-order valence-corrected chi connectivity index (χ3v) is 2.59. The Morgan fingerprint density at radius 3 is 2.81 bits per heavy atom. The molecule has 1 aromatic carbocycles. The third-order valence-electron chi connectivity index (χ3n) is 1.85. The molecule has 1 atom stereocenters. The van der Waals surface area contributed by atoms with Gasteiger partial charge in [0.1, 0.15) is 11.8 Å². The molecule has 0 radical (unpaired) electrons. The Hall–Kier alpha value is -1.90. The normalized spacial score (nSPS) is 11.8. The lowest BCUT2D eigenvalue weighted by Crippen LogP contribution is -1.93. The second-order valence-corrected chi connectivity index (χ2v) is 3.81. The molecule has 0 aliphatic carbocycles. The molecule has 0 bridgehead atoms. The van der Waals surface area contributed by atoms with Gasteiger partial charge in [-0.15, -0.1) is 0 Å². The molecule has 4 nitrogen and oxygen atoms in total. The number of ether oxygens (including phenoxy) is 1. The topological polar surface area (TPSA) is 66.1 Å². The van der Waals surface area contributed by atoms with Gasteiger partial charge in [-0.05, 0) is 12.1 Å². The molecule has 2 rings (SSSR count). The van der Waals surface area contributed by atoms with Gasteiger partial charge in [0.2, 0.25) is 0 Å². The van der Waals surface area contributed by atoms with Gasteiger partial charge in [0.05, 0.1) is 5.69 Å². The second-order valence-electron chi connectivity index (χ2n) is 2.99. The maximum Gasteiger partial charge on any atom is 0.279 e. The summed E-state index contributed by atoms with van der Waals surface area (Å²) in [7, 11) is 0. The Labute approximate surface area is 96.4 Å². The molecule has 0 saturated carbocycles. The van der Waals surface area contributed by atoms with Crippen molar-refractivity contribution in [3.63, 3.8) is 0 Å². The average molecular weight is 232 g/mol. The second kappa shape index (κ2) is 4.75. The lowest BCUT2D eigenvalue weighted by atomic mass is 10.3. The van der Waals surface area contributed by atoms with E-state index < -0.39 is 6.10 Å². The van der Waals surface area contributed by atoms with Crippen molar-refractivity contribution >= 4 is 11.3 Å². The van der Waals surface area contributed by atoms with E-state index in [1.165, 1.54) is 11.3 Å². The van der Waals surface area contributed by atoms with Gasteiger partial charge < -0.3 is 9.84 Å². The van der Waals surface area contributed by atoms with Crippen LogP contribution in [-0.2, 0) is 0 Å². The Bertz CT molecular complexity index is 504. The number of hydrogen-bond acceptors (Lipinski definition) is 5. The van der Waals surface area contributed by atoms with Gasteiger partial charge >= 0.3 is 0 Å². The first kappa shape index (κ1) is 10.6. The van der Waals surface area contributed by atoms with E-state index in [0.717, 1.165) is 0 Å². The van der Waals surface area contributed by atoms with Crippen molar-refractivity contribution in [1.29, 1.82) is 5.26 Å². The Balaban J connectivity index is 2.12. The van der Waals surface area contributed by atoms with Crippen LogP contribution in [0.4, 0.5) is 0 Å². The SMILES string of the molecule is N#C[C@H](O)c1csc(Oc2ccccc2)n1. The van der Waals surface area contributed by atoms with E-state index >= 15 is 0 Å². The van der Waals surface area contributed by atoms with E-state index in [9.17, 15) is 5.11 Å². The molecule has 0 aliphatic rings. The van der Waals surface area contributed by atoms with Crippen molar-refractivity contribution < 1.29 is 9.84 Å². The molecule has 16 heavy (non-hydrogen) atoms. The van der Waals surface area contributed by atoms with Crippen LogP contribution >= 0.6 is 11.3 Å². The summed E-state index contributed by atoms with van der Waals surface area (Å²) in [6.07, 6.45) is -1.19. The number of nitrogens with zero attached hydrogens (tertiary/aromatic N) is 2. The summed E-state index contributed by atoms with van der Waals surface area (Å²) in [5.74, 6) is 0.676. The van der Waals surface area contributed by atoms with Crippen LogP contribution < -0.4 is 4.74 Å². The predicted molar refractivity (Wildman–Crippen MR) is 59.2 cm³/mol. The lowest BCUT2D eigenvalue weighted by Gasteiger charge is -1.99. The van der Waals surface area contributed by atoms with Gasteiger partial charge in [0.25, 0.3) is 5.19 Å². The van der Waals surface area contributed by atoms with Crippen molar-refractivity contribution in [2.75, 3.05) is 0 Å². The predicted octanol–water partition coefficient (Wildman–Crippen LogP) is 2.49. The molecule has 0 amide bonds. The minimum absolute atomic E-state index is 0.318. The summed E-state index contributed by atoms with van der Waals surface area (Å²) in [6, 6.07) is 10.9. The first-order valence-corrected chi connectivity index (χ1v) is 5.43.